The molecule has 2 nitrogen and oxygen atoms in total. The molecule has 0 atom stereocenters. The van der Waals surface area contributed by atoms with Gasteiger partial charge < -0.3 is 11.1 Å². The number of hydrogen-bond donors (Lipinski definition) is 3. The van der Waals surface area contributed by atoms with E-state index in [-0.39, 0.29) is 0 Å². The van der Waals surface area contributed by atoms with Crippen LogP contribution in [0, 0.1) is 5.41 Å². The second-order valence-electron chi connectivity index (χ2n) is 1.65. The lowest BCUT2D eigenvalue weighted by Crippen LogP contribution is -1.96. The van der Waals surface area contributed by atoms with Crippen LogP contribution in [0.3, 0.4) is 0 Å². The summed E-state index contributed by atoms with van der Waals surface area (Å²) in [6.07, 6.45) is 3.21. The van der Waals surface area contributed by atoms with E-state index < -0.39 is 0 Å². The summed E-state index contributed by atoms with van der Waals surface area (Å²) in [7, 11) is 0. The lowest BCUT2D eigenvalue weighted by molar-refractivity contribution is 1.16. The molecule has 0 bridgehead atoms. The Balaban J connectivity index is 3.75. The molecule has 0 aliphatic rings. The number of rotatable bonds is 3. The fourth-order valence-electron chi connectivity index (χ4n) is 0.402. The van der Waals surface area contributed by atoms with E-state index in [0.717, 1.165) is 6.21 Å². The molecule has 0 unspecified atom stereocenters. The van der Waals surface area contributed by atoms with E-state index in [9.17, 15) is 0 Å². The van der Waals surface area contributed by atoms with E-state index in [1.807, 2.05) is 0 Å². The van der Waals surface area contributed by atoms with Gasteiger partial charge in [-0.3, -0.25) is 0 Å². The van der Waals surface area contributed by atoms with Gasteiger partial charge in [0.2, 0.25) is 0 Å². The molecule has 0 saturated heterocycles. The van der Waals surface area contributed by atoms with Crippen molar-refractivity contribution in [1.29, 1.82) is 5.41 Å². The minimum absolute atomic E-state index is 0.554. The summed E-state index contributed by atoms with van der Waals surface area (Å²) >= 11 is 3.94. The van der Waals surface area contributed by atoms with E-state index in [1.54, 1.807) is 0 Å². The number of nitrogens with two attached hydrogens (primary N) is 1. The molecule has 9 heavy (non-hydrogen) atoms. The van der Waals surface area contributed by atoms with Crippen molar-refractivity contribution in [2.45, 2.75) is 6.42 Å². The van der Waals surface area contributed by atoms with Gasteiger partial charge in [-0.05, 0) is 11.0 Å². The molecule has 0 amide bonds. The SMILES string of the molecule is C=C(S)C/C(N)=C/C=N. The molecule has 0 rings (SSSR count). The summed E-state index contributed by atoms with van der Waals surface area (Å²) in [5.74, 6) is 0. The van der Waals surface area contributed by atoms with Gasteiger partial charge in [0.1, 0.15) is 0 Å². The maximum absolute atomic E-state index is 6.64. The van der Waals surface area contributed by atoms with E-state index >= 15 is 0 Å². The monoisotopic (exact) mass is 142 g/mol. The zero-order valence-electron chi connectivity index (χ0n) is 5.09. The van der Waals surface area contributed by atoms with Crippen LogP contribution < -0.4 is 5.73 Å². The second kappa shape index (κ2) is 4.21. The fourth-order valence-corrected chi connectivity index (χ4v) is 0.584. The average Bonchev–Trinajstić information content (AvgIpc) is 1.63. The minimum atomic E-state index is 0.554. The molecular formula is C6H10N2S. The third-order valence-corrected chi connectivity index (χ3v) is 0.864. The van der Waals surface area contributed by atoms with Crippen molar-refractivity contribution in [2.24, 2.45) is 5.73 Å². The van der Waals surface area contributed by atoms with Crippen LogP contribution in [-0.2, 0) is 0 Å². The highest BCUT2D eigenvalue weighted by molar-refractivity contribution is 7.84. The maximum atomic E-state index is 6.64. The molecule has 0 heterocycles. The lowest BCUT2D eigenvalue weighted by Gasteiger charge is -1.95. The average molecular weight is 142 g/mol. The number of nitrogens with one attached hydrogen (secondary N) is 1. The normalized spacial score (nSPS) is 11.0. The van der Waals surface area contributed by atoms with Crippen LogP contribution in [0.15, 0.2) is 23.3 Å². The highest BCUT2D eigenvalue weighted by Crippen LogP contribution is 2.06. The molecule has 0 aromatic carbocycles. The second-order valence-corrected chi connectivity index (χ2v) is 2.28. The van der Waals surface area contributed by atoms with E-state index in [1.165, 1.54) is 6.08 Å². The molecule has 0 spiro atoms. The first-order valence-electron chi connectivity index (χ1n) is 2.48. The minimum Gasteiger partial charge on any atom is -0.402 e. The molecular weight excluding hydrogens is 132 g/mol. The Hall–Kier alpha value is -0.700. The van der Waals surface area contributed by atoms with Gasteiger partial charge in [-0.25, -0.2) is 0 Å². The van der Waals surface area contributed by atoms with Crippen LogP contribution in [0.5, 0.6) is 0 Å². The Bertz CT molecular complexity index is 149. The van der Waals surface area contributed by atoms with Crippen LogP contribution in [0.4, 0.5) is 0 Å². The first-order chi connectivity index (χ1) is 4.16. The van der Waals surface area contributed by atoms with Gasteiger partial charge in [0, 0.05) is 18.3 Å². The van der Waals surface area contributed by atoms with Crippen molar-refractivity contribution in [2.75, 3.05) is 0 Å². The van der Waals surface area contributed by atoms with Crippen LogP contribution >= 0.6 is 12.6 Å². The van der Waals surface area contributed by atoms with E-state index in [2.05, 4.69) is 19.2 Å². The van der Waals surface area contributed by atoms with Gasteiger partial charge >= 0.3 is 0 Å². The predicted octanol–water partition coefficient (Wildman–Crippen LogP) is 1.31. The molecule has 0 fully saturated rings. The molecule has 3 N–H and O–H groups in total. The molecule has 0 radical (unpaired) electrons. The first kappa shape index (κ1) is 8.30. The number of allylic oxidation sites excluding steroid dienone is 2. The van der Waals surface area contributed by atoms with E-state index in [0.29, 0.717) is 17.0 Å². The summed E-state index contributed by atoms with van der Waals surface area (Å²) < 4.78 is 0. The molecule has 50 valence electrons. The van der Waals surface area contributed by atoms with Gasteiger partial charge in [-0.1, -0.05) is 6.58 Å². The van der Waals surface area contributed by atoms with Gasteiger partial charge in [-0.2, -0.15) is 0 Å². The van der Waals surface area contributed by atoms with Crippen molar-refractivity contribution in [3.05, 3.63) is 23.3 Å². The fraction of sp³-hybridized carbons (Fsp3) is 0.167. The van der Waals surface area contributed by atoms with Gasteiger partial charge in [0.15, 0.2) is 0 Å². The summed E-state index contributed by atoms with van der Waals surface area (Å²) in [5.41, 5.74) is 6.00. The summed E-state index contributed by atoms with van der Waals surface area (Å²) in [6, 6.07) is 0. The van der Waals surface area contributed by atoms with Crippen LogP contribution in [-0.4, -0.2) is 6.21 Å². The van der Waals surface area contributed by atoms with Crippen molar-refractivity contribution in [1.82, 2.24) is 0 Å². The maximum Gasteiger partial charge on any atom is 0.0195 e. The summed E-state index contributed by atoms with van der Waals surface area (Å²) in [4.78, 5) is 0.714. The Labute approximate surface area is 60.4 Å². The zero-order valence-corrected chi connectivity index (χ0v) is 5.99. The largest absolute Gasteiger partial charge is 0.402 e. The smallest absolute Gasteiger partial charge is 0.0195 e. The van der Waals surface area contributed by atoms with Crippen molar-refractivity contribution < 1.29 is 0 Å². The van der Waals surface area contributed by atoms with Crippen molar-refractivity contribution in [3.63, 3.8) is 0 Å². The molecule has 0 aromatic rings. The Morgan fingerprint density at radius 3 is 2.67 bits per heavy atom. The topological polar surface area (TPSA) is 49.9 Å². The number of hydrogen-bond acceptors (Lipinski definition) is 3. The first-order valence-corrected chi connectivity index (χ1v) is 2.93. The highest BCUT2D eigenvalue weighted by Gasteiger charge is 1.87. The summed E-state index contributed by atoms with van der Waals surface area (Å²) in [6.45, 7) is 3.55. The predicted molar refractivity (Wildman–Crippen MR) is 43.8 cm³/mol. The molecule has 0 aliphatic heterocycles. The molecule has 0 aromatic heterocycles. The highest BCUT2D eigenvalue weighted by atomic mass is 32.1. The van der Waals surface area contributed by atoms with Crippen LogP contribution in [0.25, 0.3) is 0 Å². The third-order valence-electron chi connectivity index (χ3n) is 0.706. The molecule has 3 heteroatoms. The Morgan fingerprint density at radius 1 is 1.78 bits per heavy atom. The van der Waals surface area contributed by atoms with Crippen molar-refractivity contribution in [3.8, 4) is 0 Å². The Morgan fingerprint density at radius 2 is 2.33 bits per heavy atom. The van der Waals surface area contributed by atoms with Gasteiger partial charge in [-0.15, -0.1) is 12.6 Å². The quantitative estimate of drug-likeness (QED) is 0.404. The third kappa shape index (κ3) is 5.17. The number of thiol groups is 1. The lowest BCUT2D eigenvalue weighted by atomic mass is 10.3. The van der Waals surface area contributed by atoms with Gasteiger partial charge in [0.25, 0.3) is 0 Å². The molecule has 0 aliphatic carbocycles. The zero-order chi connectivity index (χ0) is 7.28. The van der Waals surface area contributed by atoms with E-state index in [4.69, 9.17) is 11.1 Å². The van der Waals surface area contributed by atoms with Gasteiger partial charge in [0.05, 0.1) is 0 Å². The summed E-state index contributed by atoms with van der Waals surface area (Å²) in [5, 5.41) is 6.64. The standard InChI is InChI=1S/C6H10N2S/c1-5(9)4-6(8)2-3-7/h2-3,7,9H,1,4,8H2/b6-2-,7-3?. The van der Waals surface area contributed by atoms with Crippen molar-refractivity contribution >= 4 is 18.8 Å². The Kier molecular flexibility index (Phi) is 3.88. The van der Waals surface area contributed by atoms with Crippen LogP contribution in [0.2, 0.25) is 0 Å². The van der Waals surface area contributed by atoms with Crippen LogP contribution in [0.1, 0.15) is 6.42 Å². The molecule has 0 saturated carbocycles.